The first-order valence-corrected chi connectivity index (χ1v) is 9.04. The minimum absolute atomic E-state index is 0.0361. The maximum Gasteiger partial charge on any atom is 0.322 e. The van der Waals surface area contributed by atoms with Gasteiger partial charge in [-0.2, -0.15) is 0 Å². The summed E-state index contributed by atoms with van der Waals surface area (Å²) in [5.41, 5.74) is 3.19. The van der Waals surface area contributed by atoms with E-state index in [1.165, 1.54) is 5.56 Å². The summed E-state index contributed by atoms with van der Waals surface area (Å²) in [5.74, 6) is 0. The van der Waals surface area contributed by atoms with Crippen molar-refractivity contribution in [2.45, 2.75) is 18.9 Å². The molecular formula is C21H26N2O3. The first-order chi connectivity index (χ1) is 12.8. The molecule has 0 aromatic heterocycles. The summed E-state index contributed by atoms with van der Waals surface area (Å²) in [7, 11) is 1.68. The monoisotopic (exact) mass is 354 g/mol. The van der Waals surface area contributed by atoms with E-state index in [0.717, 1.165) is 24.1 Å². The molecule has 1 atom stereocenters. The minimum atomic E-state index is -0.0729. The molecule has 1 N–H and O–H groups in total. The van der Waals surface area contributed by atoms with Gasteiger partial charge in [0.1, 0.15) is 0 Å². The molecule has 2 aromatic rings. The summed E-state index contributed by atoms with van der Waals surface area (Å²) in [4.78, 5) is 14.5. The van der Waals surface area contributed by atoms with E-state index in [-0.39, 0.29) is 12.1 Å². The highest BCUT2D eigenvalue weighted by molar-refractivity contribution is 5.90. The topological polar surface area (TPSA) is 50.8 Å². The third-order valence-corrected chi connectivity index (χ3v) is 4.57. The summed E-state index contributed by atoms with van der Waals surface area (Å²) >= 11 is 0. The molecule has 3 rings (SSSR count). The number of para-hydroxylation sites is 1. The van der Waals surface area contributed by atoms with Crippen LogP contribution in [0.5, 0.6) is 0 Å². The number of urea groups is 1. The average molecular weight is 354 g/mol. The van der Waals surface area contributed by atoms with E-state index in [4.69, 9.17) is 9.47 Å². The number of nitrogens with zero attached hydrogens (tertiary/aromatic N) is 1. The molecule has 0 radical (unpaired) electrons. The van der Waals surface area contributed by atoms with E-state index in [1.807, 2.05) is 41.3 Å². The Hall–Kier alpha value is -2.37. The first kappa shape index (κ1) is 18.4. The smallest absolute Gasteiger partial charge is 0.322 e. The Morgan fingerprint density at radius 3 is 2.77 bits per heavy atom. The van der Waals surface area contributed by atoms with Crippen molar-refractivity contribution in [1.82, 2.24) is 4.90 Å². The predicted octanol–water partition coefficient (Wildman–Crippen LogP) is 3.55. The van der Waals surface area contributed by atoms with Gasteiger partial charge in [-0.25, -0.2) is 4.79 Å². The number of anilines is 1. The number of hydrogen-bond donors (Lipinski definition) is 1. The zero-order valence-electron chi connectivity index (χ0n) is 15.2. The van der Waals surface area contributed by atoms with Crippen LogP contribution in [0.25, 0.3) is 0 Å². The molecule has 0 spiro atoms. The van der Waals surface area contributed by atoms with E-state index in [1.54, 1.807) is 7.11 Å². The normalized spacial score (nSPS) is 17.1. The SMILES string of the molecule is COCC[C@H]1CN(C(=O)Nc2ccccc2Cc2ccccc2)CCO1. The minimum Gasteiger partial charge on any atom is -0.385 e. The molecular weight excluding hydrogens is 328 g/mol. The number of nitrogens with one attached hydrogen (secondary N) is 1. The molecule has 1 saturated heterocycles. The van der Waals surface area contributed by atoms with Gasteiger partial charge in [0.25, 0.3) is 0 Å². The number of rotatable bonds is 6. The van der Waals surface area contributed by atoms with Gasteiger partial charge < -0.3 is 19.7 Å². The fourth-order valence-corrected chi connectivity index (χ4v) is 3.13. The van der Waals surface area contributed by atoms with Crippen molar-refractivity contribution in [1.29, 1.82) is 0 Å². The number of benzene rings is 2. The maximum atomic E-state index is 12.7. The Labute approximate surface area is 154 Å². The molecule has 5 heteroatoms. The fourth-order valence-electron chi connectivity index (χ4n) is 3.13. The lowest BCUT2D eigenvalue weighted by molar-refractivity contribution is -0.0260. The number of methoxy groups -OCH3 is 1. The van der Waals surface area contributed by atoms with Crippen molar-refractivity contribution in [3.05, 3.63) is 65.7 Å². The average Bonchev–Trinajstić information content (AvgIpc) is 2.69. The van der Waals surface area contributed by atoms with Crippen molar-refractivity contribution in [3.8, 4) is 0 Å². The predicted molar refractivity (Wildman–Crippen MR) is 103 cm³/mol. The molecule has 1 aliphatic heterocycles. The number of carbonyl (C=O) groups excluding carboxylic acids is 1. The van der Waals surface area contributed by atoms with Crippen LogP contribution in [-0.4, -0.2) is 50.4 Å². The zero-order chi connectivity index (χ0) is 18.2. The van der Waals surface area contributed by atoms with Crippen LogP contribution >= 0.6 is 0 Å². The van der Waals surface area contributed by atoms with E-state index in [9.17, 15) is 4.79 Å². The molecule has 0 bridgehead atoms. The molecule has 5 nitrogen and oxygen atoms in total. The molecule has 0 aliphatic carbocycles. The van der Waals surface area contributed by atoms with Crippen molar-refractivity contribution in [2.75, 3.05) is 38.7 Å². The van der Waals surface area contributed by atoms with Crippen molar-refractivity contribution in [3.63, 3.8) is 0 Å². The van der Waals surface area contributed by atoms with Crippen LogP contribution in [0.4, 0.5) is 10.5 Å². The number of carbonyl (C=O) groups is 1. The summed E-state index contributed by atoms with van der Waals surface area (Å²) in [6.45, 7) is 2.40. The van der Waals surface area contributed by atoms with Crippen LogP contribution in [0.3, 0.4) is 0 Å². The third kappa shape index (κ3) is 5.07. The van der Waals surface area contributed by atoms with Gasteiger partial charge in [0.05, 0.1) is 12.7 Å². The number of ether oxygens (including phenoxy) is 2. The van der Waals surface area contributed by atoms with Crippen LogP contribution < -0.4 is 5.32 Å². The second kappa shape index (κ2) is 9.36. The fraction of sp³-hybridized carbons (Fsp3) is 0.381. The highest BCUT2D eigenvalue weighted by atomic mass is 16.5. The molecule has 0 unspecified atom stereocenters. The lowest BCUT2D eigenvalue weighted by Crippen LogP contribution is -2.47. The van der Waals surface area contributed by atoms with Gasteiger partial charge >= 0.3 is 6.03 Å². The highest BCUT2D eigenvalue weighted by Crippen LogP contribution is 2.20. The Morgan fingerprint density at radius 2 is 1.96 bits per heavy atom. The quantitative estimate of drug-likeness (QED) is 0.863. The zero-order valence-corrected chi connectivity index (χ0v) is 15.2. The number of amides is 2. The van der Waals surface area contributed by atoms with Crippen LogP contribution in [0.15, 0.2) is 54.6 Å². The lowest BCUT2D eigenvalue weighted by Gasteiger charge is -2.33. The highest BCUT2D eigenvalue weighted by Gasteiger charge is 2.24. The van der Waals surface area contributed by atoms with Crippen molar-refractivity contribution >= 4 is 11.7 Å². The summed E-state index contributed by atoms with van der Waals surface area (Å²) < 4.78 is 10.8. The second-order valence-corrected chi connectivity index (χ2v) is 6.47. The molecule has 2 aromatic carbocycles. The van der Waals surface area contributed by atoms with Crippen LogP contribution in [0, 0.1) is 0 Å². The molecule has 0 saturated carbocycles. The first-order valence-electron chi connectivity index (χ1n) is 9.04. The van der Waals surface area contributed by atoms with Gasteiger partial charge in [-0.3, -0.25) is 0 Å². The van der Waals surface area contributed by atoms with Gasteiger partial charge in [0.2, 0.25) is 0 Å². The Balaban J connectivity index is 1.64. The van der Waals surface area contributed by atoms with Gasteiger partial charge in [0.15, 0.2) is 0 Å². The summed E-state index contributed by atoms with van der Waals surface area (Å²) in [6, 6.07) is 18.2. The molecule has 2 amide bonds. The van der Waals surface area contributed by atoms with Crippen LogP contribution in [-0.2, 0) is 15.9 Å². The lowest BCUT2D eigenvalue weighted by atomic mass is 10.0. The molecule has 138 valence electrons. The van der Waals surface area contributed by atoms with Crippen molar-refractivity contribution in [2.24, 2.45) is 0 Å². The van der Waals surface area contributed by atoms with E-state index in [0.29, 0.717) is 26.3 Å². The number of hydrogen-bond acceptors (Lipinski definition) is 3. The van der Waals surface area contributed by atoms with Crippen LogP contribution in [0.1, 0.15) is 17.5 Å². The van der Waals surface area contributed by atoms with Gasteiger partial charge in [-0.1, -0.05) is 48.5 Å². The number of morpholine rings is 1. The largest absolute Gasteiger partial charge is 0.385 e. The van der Waals surface area contributed by atoms with E-state index >= 15 is 0 Å². The third-order valence-electron chi connectivity index (χ3n) is 4.57. The molecule has 1 aliphatic rings. The Bertz CT molecular complexity index is 705. The molecule has 26 heavy (non-hydrogen) atoms. The van der Waals surface area contributed by atoms with Gasteiger partial charge in [-0.05, 0) is 30.0 Å². The van der Waals surface area contributed by atoms with Gasteiger partial charge in [-0.15, -0.1) is 0 Å². The Morgan fingerprint density at radius 1 is 1.19 bits per heavy atom. The molecule has 1 fully saturated rings. The summed E-state index contributed by atoms with van der Waals surface area (Å²) in [5, 5.41) is 3.08. The second-order valence-electron chi connectivity index (χ2n) is 6.47. The van der Waals surface area contributed by atoms with Gasteiger partial charge in [0, 0.05) is 32.5 Å². The van der Waals surface area contributed by atoms with E-state index < -0.39 is 0 Å². The summed E-state index contributed by atoms with van der Waals surface area (Å²) in [6.07, 6.45) is 1.62. The standard InChI is InChI=1S/C21H26N2O3/c1-25-13-11-19-16-23(12-14-26-19)21(24)22-20-10-6-5-9-18(20)15-17-7-3-2-4-8-17/h2-10,19H,11-16H2,1H3,(H,22,24)/t19-/m0/s1. The van der Waals surface area contributed by atoms with E-state index in [2.05, 4.69) is 23.5 Å². The maximum absolute atomic E-state index is 12.7. The van der Waals surface area contributed by atoms with Crippen molar-refractivity contribution < 1.29 is 14.3 Å². The Kier molecular flexibility index (Phi) is 6.63. The van der Waals surface area contributed by atoms with Crippen LogP contribution in [0.2, 0.25) is 0 Å². The molecule has 1 heterocycles.